The van der Waals surface area contributed by atoms with Gasteiger partial charge in [-0.2, -0.15) is 15.8 Å². The normalized spacial score (nSPS) is 26.2. The van der Waals surface area contributed by atoms with Gasteiger partial charge in [-0.05, 0) is 5.56 Å². The van der Waals surface area contributed by atoms with Crippen molar-refractivity contribution in [2.24, 2.45) is 16.6 Å². The Morgan fingerprint density at radius 1 is 1.14 bits per heavy atom. The number of rotatable bonds is 2. The maximum Gasteiger partial charge on any atom is 0.241 e. The molecule has 2 atom stereocenters. The Morgan fingerprint density at radius 3 is 2.18 bits per heavy atom. The van der Waals surface area contributed by atoms with Crippen LogP contribution >= 0.6 is 0 Å². The number of amides is 1. The summed E-state index contributed by atoms with van der Waals surface area (Å²) in [5.74, 6) is -2.36. The maximum atomic E-state index is 12.1. The van der Waals surface area contributed by atoms with E-state index in [1.165, 1.54) is 0 Å². The quantitative estimate of drug-likeness (QED) is 0.873. The summed E-state index contributed by atoms with van der Waals surface area (Å²) in [5.41, 5.74) is 1.74. The average Bonchev–Trinajstić information content (AvgIpc) is 2.54. The molecule has 22 heavy (non-hydrogen) atoms. The topological polar surface area (TPSA) is 132 Å². The largest absolute Gasteiger partial charge is 0.368 e. The van der Waals surface area contributed by atoms with E-state index in [0.29, 0.717) is 5.56 Å². The summed E-state index contributed by atoms with van der Waals surface area (Å²) >= 11 is 0. The van der Waals surface area contributed by atoms with Crippen LogP contribution in [0.25, 0.3) is 0 Å². The monoisotopic (exact) mass is 292 g/mol. The van der Waals surface area contributed by atoms with Crippen LogP contribution in [0, 0.1) is 44.8 Å². The number of nitrogens with zero attached hydrogens (tertiary/aromatic N) is 3. The Balaban J connectivity index is 2.77. The highest BCUT2D eigenvalue weighted by Crippen LogP contribution is 2.55. The molecule has 0 aromatic heterocycles. The van der Waals surface area contributed by atoms with Crippen LogP contribution < -0.4 is 5.73 Å². The van der Waals surface area contributed by atoms with Gasteiger partial charge in [0.1, 0.15) is 5.78 Å². The lowest BCUT2D eigenvalue weighted by Crippen LogP contribution is -2.56. The van der Waals surface area contributed by atoms with Crippen molar-refractivity contribution in [2.75, 3.05) is 0 Å². The van der Waals surface area contributed by atoms with E-state index >= 15 is 0 Å². The van der Waals surface area contributed by atoms with Gasteiger partial charge >= 0.3 is 0 Å². The molecule has 1 aliphatic carbocycles. The fourth-order valence-electron chi connectivity index (χ4n) is 3.07. The van der Waals surface area contributed by atoms with Crippen LogP contribution in [0.15, 0.2) is 30.3 Å². The van der Waals surface area contributed by atoms with Crippen LogP contribution in [0.2, 0.25) is 0 Å². The molecule has 0 aliphatic heterocycles. The lowest BCUT2D eigenvalue weighted by molar-refractivity contribution is -0.138. The van der Waals surface area contributed by atoms with Crippen molar-refractivity contribution in [3.63, 3.8) is 0 Å². The van der Waals surface area contributed by atoms with Crippen LogP contribution in [0.5, 0.6) is 0 Å². The summed E-state index contributed by atoms with van der Waals surface area (Å²) in [5, 5.41) is 28.8. The third-order valence-corrected chi connectivity index (χ3v) is 4.26. The number of Topliss-reactive ketones (excluding diaryl/α,β-unsaturated/α-hetero) is 1. The molecular formula is C16H12N4O2. The van der Waals surface area contributed by atoms with Crippen LogP contribution in [0.4, 0.5) is 0 Å². The predicted molar refractivity (Wildman–Crippen MR) is 74.3 cm³/mol. The van der Waals surface area contributed by atoms with Gasteiger partial charge in [0, 0.05) is 18.8 Å². The Labute approximate surface area is 127 Å². The van der Waals surface area contributed by atoms with E-state index in [0.717, 1.165) is 0 Å². The minimum absolute atomic E-state index is 0.0815. The van der Waals surface area contributed by atoms with Crippen molar-refractivity contribution in [2.45, 2.75) is 18.8 Å². The Morgan fingerprint density at radius 2 is 1.73 bits per heavy atom. The second-order valence-corrected chi connectivity index (χ2v) is 5.30. The summed E-state index contributed by atoms with van der Waals surface area (Å²) in [6.07, 6.45) is -0.592. The molecule has 1 aromatic carbocycles. The zero-order chi connectivity index (χ0) is 16.4. The second-order valence-electron chi connectivity index (χ2n) is 5.30. The van der Waals surface area contributed by atoms with E-state index in [2.05, 4.69) is 0 Å². The van der Waals surface area contributed by atoms with Crippen LogP contribution in [-0.4, -0.2) is 11.7 Å². The van der Waals surface area contributed by atoms with Gasteiger partial charge in [-0.25, -0.2) is 0 Å². The molecule has 108 valence electrons. The van der Waals surface area contributed by atoms with Gasteiger partial charge in [0.15, 0.2) is 10.8 Å². The molecular weight excluding hydrogens is 280 g/mol. The molecule has 0 spiro atoms. The molecule has 2 rings (SSSR count). The molecule has 0 radical (unpaired) electrons. The first-order chi connectivity index (χ1) is 10.5. The molecule has 0 heterocycles. The summed E-state index contributed by atoms with van der Waals surface area (Å²) in [6.45, 7) is 0. The van der Waals surface area contributed by atoms with Crippen molar-refractivity contribution in [1.29, 1.82) is 15.8 Å². The molecule has 0 bridgehead atoms. The first-order valence-corrected chi connectivity index (χ1v) is 6.57. The Hall–Kier alpha value is -3.17. The molecule has 6 nitrogen and oxygen atoms in total. The van der Waals surface area contributed by atoms with Crippen molar-refractivity contribution in [1.82, 2.24) is 0 Å². The van der Waals surface area contributed by atoms with Crippen molar-refractivity contribution < 1.29 is 9.59 Å². The Bertz CT molecular complexity index is 737. The smallest absolute Gasteiger partial charge is 0.241 e. The zero-order valence-electron chi connectivity index (χ0n) is 11.6. The van der Waals surface area contributed by atoms with Crippen molar-refractivity contribution in [3.05, 3.63) is 35.9 Å². The number of ketones is 1. The van der Waals surface area contributed by atoms with Gasteiger partial charge in [-0.1, -0.05) is 30.3 Å². The van der Waals surface area contributed by atoms with E-state index < -0.39 is 29.1 Å². The third kappa shape index (κ3) is 1.84. The number of carbonyl (C=O) groups is 2. The minimum Gasteiger partial charge on any atom is -0.368 e. The van der Waals surface area contributed by atoms with Gasteiger partial charge in [0.25, 0.3) is 0 Å². The summed E-state index contributed by atoms with van der Waals surface area (Å²) in [4.78, 5) is 24.0. The van der Waals surface area contributed by atoms with Gasteiger partial charge in [0.05, 0.1) is 18.2 Å². The molecule has 6 heteroatoms. The standard InChI is InChI=1S/C16H12N4O2/c17-8-15(14(20)22)7-12(21)6-13(16(15,9-18)10-19)11-4-2-1-3-5-11/h1-5,13H,6-7H2,(H2,20,22)/t13-,15+/m0/s1. The number of hydrogen-bond acceptors (Lipinski definition) is 5. The average molecular weight is 292 g/mol. The second kappa shape index (κ2) is 5.31. The number of nitrogens with two attached hydrogens (primary N) is 1. The molecule has 1 aromatic rings. The highest BCUT2D eigenvalue weighted by Gasteiger charge is 2.65. The molecule has 1 saturated carbocycles. The fourth-order valence-corrected chi connectivity index (χ4v) is 3.07. The molecule has 1 aliphatic rings. The SMILES string of the molecule is N#CC1(C#N)[C@H](c2ccccc2)CC(=O)C[C@@]1(C#N)C(N)=O. The van der Waals surface area contributed by atoms with Gasteiger partial charge in [0.2, 0.25) is 5.91 Å². The molecule has 1 fully saturated rings. The predicted octanol–water partition coefficient (Wildman–Crippen LogP) is 1.16. The first-order valence-electron chi connectivity index (χ1n) is 6.57. The number of nitriles is 3. The van der Waals surface area contributed by atoms with Crippen LogP contribution in [-0.2, 0) is 9.59 Å². The maximum absolute atomic E-state index is 12.1. The number of carbonyl (C=O) groups excluding carboxylic acids is 2. The number of benzene rings is 1. The van der Waals surface area contributed by atoms with E-state index in [1.807, 2.05) is 12.1 Å². The minimum atomic E-state index is -2.15. The summed E-state index contributed by atoms with van der Waals surface area (Å²) < 4.78 is 0. The van der Waals surface area contributed by atoms with Crippen molar-refractivity contribution >= 4 is 11.7 Å². The Kier molecular flexibility index (Phi) is 3.68. The van der Waals surface area contributed by atoms with E-state index in [1.54, 1.807) is 36.4 Å². The molecule has 0 unspecified atom stereocenters. The molecule has 1 amide bonds. The lowest BCUT2D eigenvalue weighted by atomic mass is 9.51. The summed E-state index contributed by atoms with van der Waals surface area (Å²) in [6, 6.07) is 13.8. The number of primary amides is 1. The van der Waals surface area contributed by atoms with Crippen LogP contribution in [0.3, 0.4) is 0 Å². The van der Waals surface area contributed by atoms with Gasteiger partial charge in [-0.3, -0.25) is 9.59 Å². The third-order valence-electron chi connectivity index (χ3n) is 4.26. The van der Waals surface area contributed by atoms with Crippen molar-refractivity contribution in [3.8, 4) is 18.2 Å². The fraction of sp³-hybridized carbons (Fsp3) is 0.312. The zero-order valence-corrected chi connectivity index (χ0v) is 11.6. The highest BCUT2D eigenvalue weighted by atomic mass is 16.2. The van der Waals surface area contributed by atoms with E-state index in [4.69, 9.17) is 5.73 Å². The lowest BCUT2D eigenvalue weighted by Gasteiger charge is -2.43. The van der Waals surface area contributed by atoms with Crippen LogP contribution in [0.1, 0.15) is 24.3 Å². The van der Waals surface area contributed by atoms with E-state index in [-0.39, 0.29) is 12.2 Å². The highest BCUT2D eigenvalue weighted by molar-refractivity contribution is 5.95. The summed E-state index contributed by atoms with van der Waals surface area (Å²) in [7, 11) is 0. The van der Waals surface area contributed by atoms with Gasteiger partial charge < -0.3 is 5.73 Å². The molecule has 2 N–H and O–H groups in total. The molecule has 0 saturated heterocycles. The first kappa shape index (κ1) is 15.2. The number of hydrogen-bond donors (Lipinski definition) is 1. The van der Waals surface area contributed by atoms with E-state index in [9.17, 15) is 25.4 Å². The van der Waals surface area contributed by atoms with Gasteiger partial charge in [-0.15, -0.1) is 0 Å².